The van der Waals surface area contributed by atoms with Gasteiger partial charge in [0.15, 0.2) is 5.78 Å². The highest BCUT2D eigenvalue weighted by molar-refractivity contribution is 5.99. The van der Waals surface area contributed by atoms with Gasteiger partial charge in [0, 0.05) is 11.5 Å². The Labute approximate surface area is 87.7 Å². The van der Waals surface area contributed by atoms with E-state index in [4.69, 9.17) is 15.6 Å². The number of aliphatic hydroxyl groups excluding tert-OH is 1. The van der Waals surface area contributed by atoms with Crippen molar-refractivity contribution in [1.82, 2.24) is 0 Å². The highest BCUT2D eigenvalue weighted by atomic mass is 16.5. The van der Waals surface area contributed by atoms with Gasteiger partial charge in [-0.25, -0.2) is 0 Å². The van der Waals surface area contributed by atoms with Crippen LogP contribution in [-0.2, 0) is 9.53 Å². The highest BCUT2D eigenvalue weighted by Gasteiger charge is 2.28. The average molecular weight is 207 g/mol. The first-order valence-corrected chi connectivity index (χ1v) is 4.86. The molecule has 3 N–H and O–H groups in total. The molecule has 1 aliphatic heterocycles. The predicted octanol–water partition coefficient (Wildman–Crippen LogP) is -0.0984. The summed E-state index contributed by atoms with van der Waals surface area (Å²) >= 11 is 0. The van der Waals surface area contributed by atoms with Crippen LogP contribution in [0.5, 0.6) is 0 Å². The zero-order valence-corrected chi connectivity index (χ0v) is 8.22. The summed E-state index contributed by atoms with van der Waals surface area (Å²) in [4.78, 5) is 11.4. The fraction of sp³-hybridized carbons (Fsp3) is 0.364. The van der Waals surface area contributed by atoms with Gasteiger partial charge in [-0.05, 0) is 12.2 Å². The van der Waals surface area contributed by atoms with Crippen LogP contribution in [0, 0.1) is 5.92 Å². The van der Waals surface area contributed by atoms with Crippen molar-refractivity contribution in [3.63, 3.8) is 0 Å². The molecule has 2 rings (SSSR count). The number of hydrogen-bond donors (Lipinski definition) is 2. The van der Waals surface area contributed by atoms with E-state index in [1.54, 1.807) is 6.08 Å². The fourth-order valence-corrected chi connectivity index (χ4v) is 1.77. The van der Waals surface area contributed by atoms with Gasteiger partial charge < -0.3 is 15.6 Å². The molecule has 80 valence electrons. The summed E-state index contributed by atoms with van der Waals surface area (Å²) in [5, 5.41) is 8.91. The molecular weight excluding hydrogens is 194 g/mol. The maximum Gasteiger partial charge on any atom is 0.176 e. The Morgan fingerprint density at radius 1 is 1.53 bits per heavy atom. The number of allylic oxidation sites excluding steroid dienone is 1. The third-order valence-corrected chi connectivity index (χ3v) is 2.55. The van der Waals surface area contributed by atoms with Crippen molar-refractivity contribution in [3.05, 3.63) is 35.6 Å². The van der Waals surface area contributed by atoms with E-state index in [9.17, 15) is 4.79 Å². The van der Waals surface area contributed by atoms with E-state index in [2.05, 4.69) is 0 Å². The van der Waals surface area contributed by atoms with Gasteiger partial charge in [0.25, 0.3) is 0 Å². The summed E-state index contributed by atoms with van der Waals surface area (Å²) in [5.41, 5.74) is 5.91. The highest BCUT2D eigenvalue weighted by Crippen LogP contribution is 2.29. The van der Waals surface area contributed by atoms with Gasteiger partial charge in [-0.3, -0.25) is 4.79 Å². The van der Waals surface area contributed by atoms with E-state index < -0.39 is 0 Å². The molecular formula is C11H13NO3. The van der Waals surface area contributed by atoms with Crippen LogP contribution in [0.15, 0.2) is 35.6 Å². The van der Waals surface area contributed by atoms with Gasteiger partial charge in [0.1, 0.15) is 18.5 Å². The predicted molar refractivity (Wildman–Crippen MR) is 54.8 cm³/mol. The lowest BCUT2D eigenvalue weighted by Gasteiger charge is -2.17. The smallest absolute Gasteiger partial charge is 0.176 e. The first kappa shape index (κ1) is 10.1. The number of aliphatic hydroxyl groups is 1. The summed E-state index contributed by atoms with van der Waals surface area (Å²) in [5.74, 6) is 0.533. The van der Waals surface area contributed by atoms with E-state index in [1.165, 1.54) is 0 Å². The number of carbonyl (C=O) groups excluding carboxylic acids is 1. The second-order valence-electron chi connectivity index (χ2n) is 3.56. The fourth-order valence-electron chi connectivity index (χ4n) is 1.77. The lowest BCUT2D eigenvalue weighted by Crippen LogP contribution is -2.21. The molecule has 1 heterocycles. The van der Waals surface area contributed by atoms with Crippen LogP contribution < -0.4 is 5.73 Å². The van der Waals surface area contributed by atoms with Gasteiger partial charge in [-0.15, -0.1) is 0 Å². The second-order valence-corrected chi connectivity index (χ2v) is 3.56. The molecule has 0 radical (unpaired) electrons. The topological polar surface area (TPSA) is 72.6 Å². The van der Waals surface area contributed by atoms with Crippen molar-refractivity contribution in [3.8, 4) is 0 Å². The van der Waals surface area contributed by atoms with Gasteiger partial charge in [0.2, 0.25) is 0 Å². The van der Waals surface area contributed by atoms with Gasteiger partial charge >= 0.3 is 0 Å². The summed E-state index contributed by atoms with van der Waals surface area (Å²) in [6.07, 6.45) is 7.14. The minimum Gasteiger partial charge on any atom is -0.488 e. The molecule has 0 aromatic rings. The minimum absolute atomic E-state index is 0.0188. The van der Waals surface area contributed by atoms with Crippen LogP contribution in [0.1, 0.15) is 0 Å². The van der Waals surface area contributed by atoms with Crippen LogP contribution in [-0.4, -0.2) is 30.1 Å². The largest absolute Gasteiger partial charge is 0.488 e. The average Bonchev–Trinajstić information content (AvgIpc) is 2.69. The quantitative estimate of drug-likeness (QED) is 0.678. The maximum absolute atomic E-state index is 11.4. The Morgan fingerprint density at radius 3 is 3.00 bits per heavy atom. The third-order valence-electron chi connectivity index (χ3n) is 2.55. The van der Waals surface area contributed by atoms with Crippen LogP contribution in [0.2, 0.25) is 0 Å². The molecule has 1 aliphatic carbocycles. The molecule has 4 heteroatoms. The zero-order chi connectivity index (χ0) is 10.8. The first-order chi connectivity index (χ1) is 7.24. The van der Waals surface area contributed by atoms with Gasteiger partial charge in [-0.1, -0.05) is 12.2 Å². The number of Topliss-reactive ketones (excluding diaryl/α,β-unsaturated/α-hetero) is 1. The van der Waals surface area contributed by atoms with Crippen molar-refractivity contribution >= 4 is 5.78 Å². The van der Waals surface area contributed by atoms with E-state index in [-0.39, 0.29) is 31.0 Å². The zero-order valence-electron chi connectivity index (χ0n) is 8.22. The normalized spacial score (nSPS) is 27.9. The van der Waals surface area contributed by atoms with Crippen molar-refractivity contribution in [1.29, 1.82) is 0 Å². The standard InChI is InChI=1S/C11H13NO3/c12-5-10(14)7-1-2-11-8(3-7)4-9(6-13)15-11/h1-4,8,11,13H,5-6,12H2. The Kier molecular flexibility index (Phi) is 2.70. The summed E-state index contributed by atoms with van der Waals surface area (Å²) in [7, 11) is 0. The van der Waals surface area contributed by atoms with Crippen molar-refractivity contribution in [2.24, 2.45) is 11.7 Å². The molecule has 0 saturated heterocycles. The second kappa shape index (κ2) is 4.00. The molecule has 0 fully saturated rings. The first-order valence-electron chi connectivity index (χ1n) is 4.86. The molecule has 0 bridgehead atoms. The Hall–Kier alpha value is -1.39. The van der Waals surface area contributed by atoms with Crippen molar-refractivity contribution in [2.45, 2.75) is 6.10 Å². The molecule has 2 unspecified atom stereocenters. The molecule has 4 nitrogen and oxygen atoms in total. The Morgan fingerprint density at radius 2 is 2.33 bits per heavy atom. The van der Waals surface area contributed by atoms with Crippen LogP contribution in [0.3, 0.4) is 0 Å². The van der Waals surface area contributed by atoms with E-state index >= 15 is 0 Å². The van der Waals surface area contributed by atoms with Crippen molar-refractivity contribution < 1.29 is 14.6 Å². The van der Waals surface area contributed by atoms with E-state index in [0.29, 0.717) is 11.3 Å². The van der Waals surface area contributed by atoms with Crippen LogP contribution >= 0.6 is 0 Å². The molecule has 2 aliphatic rings. The van der Waals surface area contributed by atoms with Crippen LogP contribution in [0.4, 0.5) is 0 Å². The number of ether oxygens (including phenoxy) is 1. The maximum atomic E-state index is 11.4. The monoisotopic (exact) mass is 207 g/mol. The summed E-state index contributed by atoms with van der Waals surface area (Å²) in [6, 6.07) is 0. The van der Waals surface area contributed by atoms with Gasteiger partial charge in [-0.2, -0.15) is 0 Å². The summed E-state index contributed by atoms with van der Waals surface area (Å²) in [6.45, 7) is -0.0835. The number of nitrogens with two attached hydrogens (primary N) is 1. The lowest BCUT2D eigenvalue weighted by atomic mass is 9.92. The number of rotatable bonds is 3. The van der Waals surface area contributed by atoms with Gasteiger partial charge in [0.05, 0.1) is 6.54 Å². The minimum atomic E-state index is -0.102. The third kappa shape index (κ3) is 1.86. The molecule has 0 spiro atoms. The molecule has 0 aromatic carbocycles. The number of ketones is 1. The SMILES string of the molecule is NCC(=O)C1=CC2C=C(CO)OC2C=C1. The van der Waals surface area contributed by atoms with E-state index in [0.717, 1.165) is 0 Å². The number of carbonyl (C=O) groups is 1. The Balaban J connectivity index is 2.18. The molecule has 0 saturated carbocycles. The van der Waals surface area contributed by atoms with E-state index in [1.807, 2.05) is 18.2 Å². The van der Waals surface area contributed by atoms with Crippen molar-refractivity contribution in [2.75, 3.05) is 13.2 Å². The molecule has 2 atom stereocenters. The van der Waals surface area contributed by atoms with Crippen LogP contribution in [0.25, 0.3) is 0 Å². The Bertz CT molecular complexity index is 368. The summed E-state index contributed by atoms with van der Waals surface area (Å²) < 4.78 is 5.41. The molecule has 15 heavy (non-hydrogen) atoms. The lowest BCUT2D eigenvalue weighted by molar-refractivity contribution is -0.114. The molecule has 0 amide bonds. The molecule has 0 aromatic heterocycles. The number of fused-ring (bicyclic) bond motifs is 1. The number of hydrogen-bond acceptors (Lipinski definition) is 4.